The fraction of sp³-hybridized carbons (Fsp3) is 0.647. The highest BCUT2D eigenvalue weighted by Crippen LogP contribution is 2.37. The van der Waals surface area contributed by atoms with E-state index in [0.29, 0.717) is 6.04 Å². The van der Waals surface area contributed by atoms with E-state index in [2.05, 4.69) is 62.5 Å². The molecule has 1 aliphatic carbocycles. The third-order valence-electron chi connectivity index (χ3n) is 4.60. The lowest BCUT2D eigenvalue weighted by Gasteiger charge is -2.37. The van der Waals surface area contributed by atoms with Crippen molar-refractivity contribution in [2.24, 2.45) is 5.92 Å². The maximum atomic E-state index is 3.43. The predicted molar refractivity (Wildman–Crippen MR) is 82.4 cm³/mol. The fourth-order valence-electron chi connectivity index (χ4n) is 3.48. The molecule has 1 unspecified atom stereocenters. The molecule has 0 heterocycles. The monoisotopic (exact) mass is 260 g/mol. The van der Waals surface area contributed by atoms with Crippen molar-refractivity contribution in [3.8, 4) is 0 Å². The third kappa shape index (κ3) is 3.58. The van der Waals surface area contributed by atoms with Gasteiger partial charge >= 0.3 is 0 Å². The Bertz CT molecular complexity index is 375. The average Bonchev–Trinajstić information content (AvgIpc) is 2.42. The van der Waals surface area contributed by atoms with Crippen LogP contribution in [0.4, 0.5) is 0 Å². The molecule has 2 nitrogen and oxygen atoms in total. The van der Waals surface area contributed by atoms with Crippen LogP contribution in [-0.2, 0) is 0 Å². The molecule has 1 aromatic carbocycles. The minimum absolute atomic E-state index is 0.568. The number of hydrogen-bond donors (Lipinski definition) is 1. The SMILES string of the molecule is CNC1CCC(C(c2ccc(C)cc2)N(C)C)CC1. The third-order valence-corrected chi connectivity index (χ3v) is 4.60. The van der Waals surface area contributed by atoms with E-state index in [1.54, 1.807) is 0 Å². The van der Waals surface area contributed by atoms with E-state index in [9.17, 15) is 0 Å². The van der Waals surface area contributed by atoms with E-state index in [1.165, 1.54) is 36.8 Å². The van der Waals surface area contributed by atoms with E-state index in [-0.39, 0.29) is 0 Å². The van der Waals surface area contributed by atoms with Crippen LogP contribution in [-0.4, -0.2) is 32.1 Å². The molecule has 1 saturated carbocycles. The van der Waals surface area contributed by atoms with Gasteiger partial charge in [-0.25, -0.2) is 0 Å². The summed E-state index contributed by atoms with van der Waals surface area (Å²) >= 11 is 0. The minimum atomic E-state index is 0.568. The van der Waals surface area contributed by atoms with Crippen LogP contribution in [0.2, 0.25) is 0 Å². The smallest absolute Gasteiger partial charge is 0.0370 e. The number of hydrogen-bond acceptors (Lipinski definition) is 2. The first-order valence-electron chi connectivity index (χ1n) is 7.52. The van der Waals surface area contributed by atoms with Gasteiger partial charge < -0.3 is 10.2 Å². The van der Waals surface area contributed by atoms with Gasteiger partial charge in [-0.05, 0) is 65.2 Å². The summed E-state index contributed by atoms with van der Waals surface area (Å²) in [6, 6.07) is 10.4. The van der Waals surface area contributed by atoms with Crippen molar-refractivity contribution < 1.29 is 0 Å². The second kappa shape index (κ2) is 6.53. The topological polar surface area (TPSA) is 15.3 Å². The fourth-order valence-corrected chi connectivity index (χ4v) is 3.48. The molecule has 0 radical (unpaired) electrons. The Kier molecular flexibility index (Phi) is 5.00. The number of nitrogens with one attached hydrogen (secondary N) is 1. The van der Waals surface area contributed by atoms with Gasteiger partial charge in [-0.3, -0.25) is 0 Å². The van der Waals surface area contributed by atoms with E-state index in [0.717, 1.165) is 12.0 Å². The summed E-state index contributed by atoms with van der Waals surface area (Å²) in [5.74, 6) is 0.794. The Balaban J connectivity index is 2.10. The molecule has 19 heavy (non-hydrogen) atoms. The van der Waals surface area contributed by atoms with Gasteiger partial charge in [0.2, 0.25) is 0 Å². The minimum Gasteiger partial charge on any atom is -0.317 e. The zero-order valence-electron chi connectivity index (χ0n) is 12.8. The van der Waals surface area contributed by atoms with Crippen molar-refractivity contribution in [1.82, 2.24) is 10.2 Å². The van der Waals surface area contributed by atoms with Gasteiger partial charge in [-0.1, -0.05) is 29.8 Å². The Labute approximate surface area is 118 Å². The normalized spacial score (nSPS) is 25.5. The summed E-state index contributed by atoms with van der Waals surface area (Å²) in [6.45, 7) is 2.16. The highest BCUT2D eigenvalue weighted by atomic mass is 15.1. The van der Waals surface area contributed by atoms with Crippen molar-refractivity contribution in [2.45, 2.75) is 44.7 Å². The molecule has 1 fully saturated rings. The van der Waals surface area contributed by atoms with Crippen LogP contribution in [0.3, 0.4) is 0 Å². The molecule has 1 atom stereocenters. The predicted octanol–water partition coefficient (Wildman–Crippen LogP) is 3.38. The summed E-state index contributed by atoms with van der Waals surface area (Å²) in [5, 5.41) is 3.43. The summed E-state index contributed by atoms with van der Waals surface area (Å²) in [6.07, 6.45) is 5.30. The molecule has 0 spiro atoms. The lowest BCUT2D eigenvalue weighted by atomic mass is 9.78. The van der Waals surface area contributed by atoms with E-state index in [4.69, 9.17) is 0 Å². The van der Waals surface area contributed by atoms with Gasteiger partial charge in [0.1, 0.15) is 0 Å². The highest BCUT2D eigenvalue weighted by molar-refractivity contribution is 5.24. The summed E-state index contributed by atoms with van der Waals surface area (Å²) < 4.78 is 0. The van der Waals surface area contributed by atoms with E-state index in [1.807, 2.05) is 0 Å². The second-order valence-electron chi connectivity index (χ2n) is 6.22. The first-order chi connectivity index (χ1) is 9.11. The number of rotatable bonds is 4. The molecule has 0 saturated heterocycles. The quantitative estimate of drug-likeness (QED) is 0.893. The summed E-state index contributed by atoms with van der Waals surface area (Å²) in [4.78, 5) is 2.40. The van der Waals surface area contributed by atoms with Crippen molar-refractivity contribution in [1.29, 1.82) is 0 Å². The Morgan fingerprint density at radius 1 is 1.05 bits per heavy atom. The zero-order chi connectivity index (χ0) is 13.8. The lowest BCUT2D eigenvalue weighted by Crippen LogP contribution is -2.35. The Hall–Kier alpha value is -0.860. The first-order valence-corrected chi connectivity index (χ1v) is 7.52. The van der Waals surface area contributed by atoms with Gasteiger partial charge in [-0.2, -0.15) is 0 Å². The molecule has 0 amide bonds. The highest BCUT2D eigenvalue weighted by Gasteiger charge is 2.29. The summed E-state index contributed by atoms with van der Waals surface area (Å²) in [5.41, 5.74) is 2.82. The first kappa shape index (κ1) is 14.5. The maximum absolute atomic E-state index is 3.43. The maximum Gasteiger partial charge on any atom is 0.0370 e. The second-order valence-corrected chi connectivity index (χ2v) is 6.22. The number of aryl methyl sites for hydroxylation is 1. The molecule has 106 valence electrons. The Morgan fingerprint density at radius 2 is 1.63 bits per heavy atom. The zero-order valence-corrected chi connectivity index (χ0v) is 12.8. The largest absolute Gasteiger partial charge is 0.317 e. The van der Waals surface area contributed by atoms with Crippen LogP contribution in [0.1, 0.15) is 42.9 Å². The van der Waals surface area contributed by atoms with Crippen molar-refractivity contribution in [3.63, 3.8) is 0 Å². The summed E-state index contributed by atoms with van der Waals surface area (Å²) in [7, 11) is 6.53. The van der Waals surface area contributed by atoms with Crippen LogP contribution in [0, 0.1) is 12.8 Å². The van der Waals surface area contributed by atoms with Crippen LogP contribution in [0.25, 0.3) is 0 Å². The molecule has 2 rings (SSSR count). The van der Waals surface area contributed by atoms with Gasteiger partial charge in [0, 0.05) is 12.1 Å². The number of benzene rings is 1. The molecule has 0 bridgehead atoms. The van der Waals surface area contributed by atoms with Gasteiger partial charge in [0.05, 0.1) is 0 Å². The molecule has 0 aliphatic heterocycles. The molecule has 1 aliphatic rings. The van der Waals surface area contributed by atoms with E-state index < -0.39 is 0 Å². The van der Waals surface area contributed by atoms with Gasteiger partial charge in [-0.15, -0.1) is 0 Å². The molecule has 0 aromatic heterocycles. The Morgan fingerprint density at radius 3 is 2.11 bits per heavy atom. The van der Waals surface area contributed by atoms with Crippen LogP contribution in [0.15, 0.2) is 24.3 Å². The van der Waals surface area contributed by atoms with Crippen LogP contribution in [0.5, 0.6) is 0 Å². The van der Waals surface area contributed by atoms with E-state index >= 15 is 0 Å². The molecule has 1 N–H and O–H groups in total. The van der Waals surface area contributed by atoms with Crippen molar-refractivity contribution >= 4 is 0 Å². The molecular formula is C17H28N2. The standard InChI is InChI=1S/C17H28N2/c1-13-5-7-14(8-6-13)17(19(3)4)15-9-11-16(18-2)12-10-15/h5-8,15-18H,9-12H2,1-4H3. The van der Waals surface area contributed by atoms with Crippen LogP contribution >= 0.6 is 0 Å². The average molecular weight is 260 g/mol. The van der Waals surface area contributed by atoms with Gasteiger partial charge in [0.25, 0.3) is 0 Å². The molecular weight excluding hydrogens is 232 g/mol. The molecule has 2 heteroatoms. The van der Waals surface area contributed by atoms with Crippen LogP contribution < -0.4 is 5.32 Å². The van der Waals surface area contributed by atoms with Crippen molar-refractivity contribution in [2.75, 3.05) is 21.1 Å². The molecule has 1 aromatic rings. The van der Waals surface area contributed by atoms with Gasteiger partial charge in [0.15, 0.2) is 0 Å². The lowest BCUT2D eigenvalue weighted by molar-refractivity contribution is 0.159. The van der Waals surface area contributed by atoms with Crippen molar-refractivity contribution in [3.05, 3.63) is 35.4 Å². The number of nitrogens with zero attached hydrogens (tertiary/aromatic N) is 1.